The van der Waals surface area contributed by atoms with Crippen molar-refractivity contribution in [2.75, 3.05) is 54.4 Å². The Kier molecular flexibility index (Phi) is 4.16. The fourth-order valence-electron chi connectivity index (χ4n) is 1.78. The molecule has 1 heterocycles. The lowest BCUT2D eigenvalue weighted by atomic mass is 10.2. The van der Waals surface area contributed by atoms with E-state index in [0.717, 1.165) is 6.04 Å². The Morgan fingerprint density at radius 2 is 1.92 bits per heavy atom. The minimum Gasteiger partial charge on any atom is -0.308 e. The summed E-state index contributed by atoms with van der Waals surface area (Å²) in [5.74, 6) is 0. The summed E-state index contributed by atoms with van der Waals surface area (Å²) >= 11 is 0. The average Bonchev–Trinajstić information content (AvgIpc) is 2.48. The predicted molar refractivity (Wildman–Crippen MR) is 57.1 cm³/mol. The molecular weight excluding hydrogens is 162 g/mol. The van der Waals surface area contributed by atoms with Gasteiger partial charge in [0.2, 0.25) is 0 Å². The van der Waals surface area contributed by atoms with Gasteiger partial charge >= 0.3 is 0 Å². The van der Waals surface area contributed by atoms with Gasteiger partial charge < -0.3 is 14.7 Å². The van der Waals surface area contributed by atoms with Gasteiger partial charge in [0.1, 0.15) is 0 Å². The molecule has 0 aromatic heterocycles. The Morgan fingerprint density at radius 1 is 1.23 bits per heavy atom. The van der Waals surface area contributed by atoms with E-state index in [-0.39, 0.29) is 0 Å². The van der Waals surface area contributed by atoms with Crippen molar-refractivity contribution >= 4 is 0 Å². The van der Waals surface area contributed by atoms with Crippen LogP contribution in [0.15, 0.2) is 0 Å². The predicted octanol–water partition coefficient (Wildman–Crippen LogP) is 0.184. The fraction of sp³-hybridized carbons (Fsp3) is 1.00. The van der Waals surface area contributed by atoms with Crippen LogP contribution in [0.4, 0.5) is 0 Å². The lowest BCUT2D eigenvalue weighted by molar-refractivity contribution is 0.249. The first-order valence-electron chi connectivity index (χ1n) is 5.13. The molecule has 0 bridgehead atoms. The van der Waals surface area contributed by atoms with E-state index in [1.165, 1.54) is 32.6 Å². The molecule has 0 aliphatic carbocycles. The minimum absolute atomic E-state index is 0.780. The van der Waals surface area contributed by atoms with Crippen LogP contribution < -0.4 is 0 Å². The summed E-state index contributed by atoms with van der Waals surface area (Å²) in [5, 5.41) is 0. The number of rotatable bonds is 4. The van der Waals surface area contributed by atoms with E-state index >= 15 is 0 Å². The molecule has 1 fully saturated rings. The van der Waals surface area contributed by atoms with Crippen molar-refractivity contribution in [1.29, 1.82) is 0 Å². The molecule has 0 amide bonds. The summed E-state index contributed by atoms with van der Waals surface area (Å²) in [7, 11) is 8.64. The highest BCUT2D eigenvalue weighted by Crippen LogP contribution is 2.12. The fourth-order valence-corrected chi connectivity index (χ4v) is 1.78. The highest BCUT2D eigenvalue weighted by molar-refractivity contribution is 4.80. The van der Waals surface area contributed by atoms with Crippen LogP contribution in [0.5, 0.6) is 0 Å². The summed E-state index contributed by atoms with van der Waals surface area (Å²) in [6.45, 7) is 4.93. The Hall–Kier alpha value is -0.120. The van der Waals surface area contributed by atoms with Crippen LogP contribution in [-0.2, 0) is 0 Å². The molecule has 1 aliphatic heterocycles. The van der Waals surface area contributed by atoms with Crippen molar-refractivity contribution < 1.29 is 0 Å². The van der Waals surface area contributed by atoms with E-state index in [2.05, 4.69) is 42.9 Å². The molecule has 13 heavy (non-hydrogen) atoms. The van der Waals surface area contributed by atoms with E-state index in [1.54, 1.807) is 0 Å². The average molecular weight is 185 g/mol. The van der Waals surface area contributed by atoms with Gasteiger partial charge in [0.05, 0.1) is 0 Å². The molecule has 0 radical (unpaired) electrons. The number of likely N-dealkylation sites (tertiary alicyclic amines) is 1. The van der Waals surface area contributed by atoms with E-state index < -0.39 is 0 Å². The van der Waals surface area contributed by atoms with Crippen LogP contribution in [0.2, 0.25) is 0 Å². The van der Waals surface area contributed by atoms with Crippen molar-refractivity contribution in [2.45, 2.75) is 12.5 Å². The van der Waals surface area contributed by atoms with Crippen molar-refractivity contribution in [2.24, 2.45) is 0 Å². The van der Waals surface area contributed by atoms with E-state index in [0.29, 0.717) is 0 Å². The maximum atomic E-state index is 2.56. The topological polar surface area (TPSA) is 9.72 Å². The summed E-state index contributed by atoms with van der Waals surface area (Å²) in [6.07, 6.45) is 1.33. The smallest absolute Gasteiger partial charge is 0.0229 e. The molecule has 3 heteroatoms. The summed E-state index contributed by atoms with van der Waals surface area (Å²) in [6, 6.07) is 0.780. The summed E-state index contributed by atoms with van der Waals surface area (Å²) in [4.78, 5) is 7.16. The molecule has 3 nitrogen and oxygen atoms in total. The molecule has 0 saturated carbocycles. The van der Waals surface area contributed by atoms with Gasteiger partial charge in [-0.25, -0.2) is 0 Å². The van der Waals surface area contributed by atoms with Crippen LogP contribution >= 0.6 is 0 Å². The van der Waals surface area contributed by atoms with Gasteiger partial charge in [-0.1, -0.05) is 0 Å². The summed E-state index contributed by atoms with van der Waals surface area (Å²) < 4.78 is 0. The molecule has 1 aliphatic rings. The monoisotopic (exact) mass is 185 g/mol. The number of hydrogen-bond donors (Lipinski definition) is 0. The molecule has 1 atom stereocenters. The maximum absolute atomic E-state index is 2.56. The Bertz CT molecular complexity index is 145. The second kappa shape index (κ2) is 4.94. The Labute approximate surface area is 82.3 Å². The van der Waals surface area contributed by atoms with Gasteiger partial charge in [-0.15, -0.1) is 0 Å². The lowest BCUT2D eigenvalue weighted by Crippen LogP contribution is -2.34. The van der Waals surface area contributed by atoms with Gasteiger partial charge in [0.15, 0.2) is 0 Å². The van der Waals surface area contributed by atoms with Crippen LogP contribution in [0.3, 0.4) is 0 Å². The first-order chi connectivity index (χ1) is 6.09. The van der Waals surface area contributed by atoms with Crippen molar-refractivity contribution in [3.8, 4) is 0 Å². The van der Waals surface area contributed by atoms with Gasteiger partial charge in [0.25, 0.3) is 0 Å². The van der Waals surface area contributed by atoms with Crippen LogP contribution in [0.1, 0.15) is 6.42 Å². The van der Waals surface area contributed by atoms with Crippen LogP contribution in [-0.4, -0.2) is 75.1 Å². The largest absolute Gasteiger partial charge is 0.308 e. The van der Waals surface area contributed by atoms with Gasteiger partial charge in [0, 0.05) is 25.7 Å². The van der Waals surface area contributed by atoms with Gasteiger partial charge in [-0.3, -0.25) is 0 Å². The second-order valence-corrected chi connectivity index (χ2v) is 4.51. The van der Waals surface area contributed by atoms with Gasteiger partial charge in [-0.05, 0) is 41.2 Å². The minimum atomic E-state index is 0.780. The van der Waals surface area contributed by atoms with Crippen molar-refractivity contribution in [3.63, 3.8) is 0 Å². The highest BCUT2D eigenvalue weighted by atomic mass is 15.2. The number of hydrogen-bond acceptors (Lipinski definition) is 3. The quantitative estimate of drug-likeness (QED) is 0.619. The third kappa shape index (κ3) is 3.63. The van der Waals surface area contributed by atoms with Gasteiger partial charge in [-0.2, -0.15) is 0 Å². The SMILES string of the molecule is CN(C)CCN1CC[C@H](N(C)C)C1. The molecular formula is C10H23N3. The van der Waals surface area contributed by atoms with Crippen molar-refractivity contribution in [3.05, 3.63) is 0 Å². The molecule has 0 unspecified atom stereocenters. The van der Waals surface area contributed by atoms with E-state index in [1.807, 2.05) is 0 Å². The Morgan fingerprint density at radius 3 is 2.38 bits per heavy atom. The first kappa shape index (κ1) is 11.0. The second-order valence-electron chi connectivity index (χ2n) is 4.51. The van der Waals surface area contributed by atoms with Crippen LogP contribution in [0.25, 0.3) is 0 Å². The summed E-state index contributed by atoms with van der Waals surface area (Å²) in [5.41, 5.74) is 0. The molecule has 0 aromatic rings. The van der Waals surface area contributed by atoms with Crippen molar-refractivity contribution in [1.82, 2.24) is 14.7 Å². The highest BCUT2D eigenvalue weighted by Gasteiger charge is 2.23. The Balaban J connectivity index is 2.17. The number of likely N-dealkylation sites (N-methyl/N-ethyl adjacent to an activating group) is 2. The first-order valence-corrected chi connectivity index (χ1v) is 5.13. The number of nitrogens with zero attached hydrogens (tertiary/aromatic N) is 3. The van der Waals surface area contributed by atoms with E-state index in [4.69, 9.17) is 0 Å². The van der Waals surface area contributed by atoms with E-state index in [9.17, 15) is 0 Å². The molecule has 0 N–H and O–H groups in total. The third-order valence-electron chi connectivity index (χ3n) is 2.84. The lowest BCUT2D eigenvalue weighted by Gasteiger charge is -2.21. The zero-order valence-corrected chi connectivity index (χ0v) is 9.45. The molecule has 0 spiro atoms. The molecule has 0 aromatic carbocycles. The molecule has 78 valence electrons. The third-order valence-corrected chi connectivity index (χ3v) is 2.84. The zero-order valence-electron chi connectivity index (χ0n) is 9.45. The molecule has 1 saturated heterocycles. The standard InChI is InChI=1S/C10H23N3/c1-11(2)7-8-13-6-5-10(9-13)12(3)4/h10H,5-9H2,1-4H3/t10-/m0/s1. The maximum Gasteiger partial charge on any atom is 0.0229 e. The van der Waals surface area contributed by atoms with Crippen LogP contribution in [0, 0.1) is 0 Å². The normalized spacial score (nSPS) is 24.9. The molecule has 1 rings (SSSR count). The zero-order chi connectivity index (χ0) is 9.84.